The minimum absolute atomic E-state index is 0.109. The number of rotatable bonds is 2. The highest BCUT2D eigenvalue weighted by Gasteiger charge is 2.17. The summed E-state index contributed by atoms with van der Waals surface area (Å²) < 4.78 is 4.64. The molecule has 0 fully saturated rings. The predicted octanol–water partition coefficient (Wildman–Crippen LogP) is 1.55. The maximum atomic E-state index is 11.5. The van der Waals surface area contributed by atoms with Crippen molar-refractivity contribution in [1.82, 2.24) is 9.97 Å². The van der Waals surface area contributed by atoms with Crippen molar-refractivity contribution < 1.29 is 14.3 Å². The number of hydrogen-bond acceptors (Lipinski definition) is 4. The summed E-state index contributed by atoms with van der Waals surface area (Å²) in [7, 11) is 1.29. The predicted molar refractivity (Wildman–Crippen MR) is 57.4 cm³/mol. The third-order valence-electron chi connectivity index (χ3n) is 2.37. The number of carbonyl (C=O) groups excluding carboxylic acids is 2. The molecule has 0 saturated heterocycles. The van der Waals surface area contributed by atoms with Crippen LogP contribution < -0.4 is 0 Å². The number of nitrogens with one attached hydrogen (secondary N) is 1. The monoisotopic (exact) mass is 218 g/mol. The van der Waals surface area contributed by atoms with Crippen LogP contribution in [0.5, 0.6) is 0 Å². The van der Waals surface area contributed by atoms with Gasteiger partial charge >= 0.3 is 5.97 Å². The summed E-state index contributed by atoms with van der Waals surface area (Å²) in [5.41, 5.74) is 1.41. The van der Waals surface area contributed by atoms with E-state index in [1.165, 1.54) is 20.2 Å². The molecular weight excluding hydrogens is 208 g/mol. The Morgan fingerprint density at radius 3 is 2.69 bits per heavy atom. The number of nitrogens with zero attached hydrogens (tertiary/aromatic N) is 1. The number of hydrogen-bond donors (Lipinski definition) is 1. The van der Waals surface area contributed by atoms with Crippen molar-refractivity contribution in [3.05, 3.63) is 29.7 Å². The number of pyridine rings is 1. The van der Waals surface area contributed by atoms with Gasteiger partial charge in [-0.15, -0.1) is 0 Å². The van der Waals surface area contributed by atoms with Gasteiger partial charge in [0.1, 0.15) is 0 Å². The molecule has 16 heavy (non-hydrogen) atoms. The molecule has 0 aliphatic rings. The summed E-state index contributed by atoms with van der Waals surface area (Å²) in [6, 6.07) is 0. The molecule has 0 bridgehead atoms. The van der Waals surface area contributed by atoms with Crippen LogP contribution in [0.4, 0.5) is 0 Å². The van der Waals surface area contributed by atoms with E-state index < -0.39 is 5.97 Å². The van der Waals surface area contributed by atoms with Gasteiger partial charge in [-0.25, -0.2) is 4.79 Å². The van der Waals surface area contributed by atoms with Crippen LogP contribution in [0.1, 0.15) is 27.6 Å². The minimum atomic E-state index is -0.500. The number of ether oxygens (including phenoxy) is 1. The van der Waals surface area contributed by atoms with E-state index in [4.69, 9.17) is 0 Å². The number of aromatic nitrogens is 2. The van der Waals surface area contributed by atoms with Crippen molar-refractivity contribution in [3.8, 4) is 0 Å². The Labute approximate surface area is 91.4 Å². The van der Waals surface area contributed by atoms with E-state index in [9.17, 15) is 9.59 Å². The summed E-state index contributed by atoms with van der Waals surface area (Å²) in [6.45, 7) is 1.45. The molecule has 0 atom stereocenters. The minimum Gasteiger partial charge on any atom is -0.465 e. The number of H-pyrrole nitrogens is 1. The van der Waals surface area contributed by atoms with Crippen LogP contribution >= 0.6 is 0 Å². The molecule has 5 nitrogen and oxygen atoms in total. The van der Waals surface area contributed by atoms with Gasteiger partial charge in [-0.3, -0.25) is 9.78 Å². The topological polar surface area (TPSA) is 72.0 Å². The molecule has 1 N–H and O–H groups in total. The summed E-state index contributed by atoms with van der Waals surface area (Å²) in [4.78, 5) is 29.7. The average molecular weight is 218 g/mol. The largest absolute Gasteiger partial charge is 0.465 e. The van der Waals surface area contributed by atoms with Crippen LogP contribution in [-0.2, 0) is 4.74 Å². The van der Waals surface area contributed by atoms with Crippen molar-refractivity contribution in [2.45, 2.75) is 6.92 Å². The fourth-order valence-electron chi connectivity index (χ4n) is 1.62. The number of ketones is 1. The Morgan fingerprint density at radius 1 is 1.31 bits per heavy atom. The van der Waals surface area contributed by atoms with Crippen LogP contribution in [-0.4, -0.2) is 28.8 Å². The highest BCUT2D eigenvalue weighted by Crippen LogP contribution is 2.22. The maximum Gasteiger partial charge on any atom is 0.340 e. The first-order chi connectivity index (χ1) is 7.65. The Hall–Kier alpha value is -2.17. The lowest BCUT2D eigenvalue weighted by molar-refractivity contribution is 0.0602. The highest BCUT2D eigenvalue weighted by atomic mass is 16.5. The van der Waals surface area contributed by atoms with E-state index >= 15 is 0 Å². The standard InChI is InChI=1S/C11H10N2O3/c1-6(14)7-4-13-9-5-12-3-8(10(7)9)11(15)16-2/h3-5,13H,1-2H3. The van der Waals surface area contributed by atoms with Crippen LogP contribution in [0, 0.1) is 0 Å². The molecule has 0 saturated carbocycles. The van der Waals surface area contributed by atoms with Crippen molar-refractivity contribution in [2.24, 2.45) is 0 Å². The van der Waals surface area contributed by atoms with E-state index in [2.05, 4.69) is 14.7 Å². The maximum absolute atomic E-state index is 11.5. The molecule has 0 amide bonds. The Balaban J connectivity index is 2.78. The lowest BCUT2D eigenvalue weighted by Gasteiger charge is -2.01. The first-order valence-corrected chi connectivity index (χ1v) is 4.69. The molecule has 2 rings (SSSR count). The number of esters is 1. The van der Waals surface area contributed by atoms with Crippen molar-refractivity contribution in [2.75, 3.05) is 7.11 Å². The zero-order valence-corrected chi connectivity index (χ0v) is 8.90. The lowest BCUT2D eigenvalue weighted by atomic mass is 10.1. The van der Waals surface area contributed by atoms with Crippen LogP contribution in [0.3, 0.4) is 0 Å². The molecule has 2 heterocycles. The third kappa shape index (κ3) is 1.46. The van der Waals surface area contributed by atoms with Crippen molar-refractivity contribution in [3.63, 3.8) is 0 Å². The number of aromatic amines is 1. The van der Waals surface area contributed by atoms with E-state index in [0.717, 1.165) is 0 Å². The molecule has 0 unspecified atom stereocenters. The zero-order valence-electron chi connectivity index (χ0n) is 8.90. The molecule has 0 aliphatic heterocycles. The Morgan fingerprint density at radius 2 is 2.06 bits per heavy atom. The van der Waals surface area contributed by atoms with Gasteiger partial charge < -0.3 is 9.72 Å². The molecule has 0 aliphatic carbocycles. The quantitative estimate of drug-likeness (QED) is 0.613. The molecule has 0 aromatic carbocycles. The molecular formula is C11H10N2O3. The molecule has 2 aromatic heterocycles. The van der Waals surface area contributed by atoms with Gasteiger partial charge in [0.15, 0.2) is 5.78 Å². The van der Waals surface area contributed by atoms with Gasteiger partial charge in [-0.05, 0) is 6.92 Å². The van der Waals surface area contributed by atoms with Crippen molar-refractivity contribution in [1.29, 1.82) is 0 Å². The fourth-order valence-corrected chi connectivity index (χ4v) is 1.62. The van der Waals surface area contributed by atoms with E-state index in [0.29, 0.717) is 22.0 Å². The molecule has 5 heteroatoms. The van der Waals surface area contributed by atoms with Gasteiger partial charge in [0.2, 0.25) is 0 Å². The fraction of sp³-hybridized carbons (Fsp3) is 0.182. The molecule has 82 valence electrons. The molecule has 2 aromatic rings. The van der Waals surface area contributed by atoms with Gasteiger partial charge in [0.05, 0.1) is 24.4 Å². The normalized spacial score (nSPS) is 10.4. The summed E-state index contributed by atoms with van der Waals surface area (Å²) in [5.74, 6) is -0.609. The first-order valence-electron chi connectivity index (χ1n) is 4.69. The molecule has 0 radical (unpaired) electrons. The number of Topliss-reactive ketones (excluding diaryl/α,β-unsaturated/α-hetero) is 1. The summed E-state index contributed by atoms with van der Waals surface area (Å²) in [6.07, 6.45) is 4.53. The summed E-state index contributed by atoms with van der Waals surface area (Å²) in [5, 5.41) is 0.564. The Kier molecular flexibility index (Phi) is 2.44. The molecule has 0 spiro atoms. The van der Waals surface area contributed by atoms with E-state index in [1.54, 1.807) is 12.4 Å². The second-order valence-electron chi connectivity index (χ2n) is 3.36. The van der Waals surface area contributed by atoms with Gasteiger partial charge in [0, 0.05) is 23.3 Å². The SMILES string of the molecule is COC(=O)c1cncc2[nH]cc(C(C)=O)c12. The average Bonchev–Trinajstić information content (AvgIpc) is 2.71. The Bertz CT molecular complexity index is 572. The number of methoxy groups -OCH3 is 1. The summed E-state index contributed by atoms with van der Waals surface area (Å²) >= 11 is 0. The van der Waals surface area contributed by atoms with E-state index in [-0.39, 0.29) is 5.78 Å². The number of fused-ring (bicyclic) bond motifs is 1. The van der Waals surface area contributed by atoms with Crippen LogP contribution in [0.15, 0.2) is 18.6 Å². The van der Waals surface area contributed by atoms with Crippen molar-refractivity contribution >= 4 is 22.7 Å². The second-order valence-corrected chi connectivity index (χ2v) is 3.36. The smallest absolute Gasteiger partial charge is 0.340 e. The second kappa shape index (κ2) is 3.77. The zero-order chi connectivity index (χ0) is 11.7. The van der Waals surface area contributed by atoms with Crippen LogP contribution in [0.2, 0.25) is 0 Å². The van der Waals surface area contributed by atoms with Gasteiger partial charge in [0.25, 0.3) is 0 Å². The highest BCUT2D eigenvalue weighted by molar-refractivity contribution is 6.13. The first kappa shape index (κ1) is 10.4. The number of carbonyl (C=O) groups is 2. The van der Waals surface area contributed by atoms with Gasteiger partial charge in [-0.1, -0.05) is 0 Å². The van der Waals surface area contributed by atoms with E-state index in [1.807, 2.05) is 0 Å². The van der Waals surface area contributed by atoms with Crippen LogP contribution in [0.25, 0.3) is 10.9 Å². The third-order valence-corrected chi connectivity index (χ3v) is 2.37. The lowest BCUT2D eigenvalue weighted by Crippen LogP contribution is -2.04. The van der Waals surface area contributed by atoms with Gasteiger partial charge in [-0.2, -0.15) is 0 Å².